The Morgan fingerprint density at radius 3 is 2.19 bits per heavy atom. The third kappa shape index (κ3) is 1.07. The molecule has 78 valence electrons. The predicted octanol–water partition coefficient (Wildman–Crippen LogP) is 1.84. The van der Waals surface area contributed by atoms with E-state index in [-0.39, 0.29) is 11.6 Å². The largest absolute Gasteiger partial charge is 0.451 e. The third-order valence-corrected chi connectivity index (χ3v) is 2.73. The lowest BCUT2D eigenvalue weighted by Gasteiger charge is -1.99. The molecule has 4 heteroatoms. The minimum absolute atomic E-state index is 0.200. The van der Waals surface area contributed by atoms with Crippen molar-refractivity contribution in [1.82, 2.24) is 4.98 Å². The van der Waals surface area contributed by atoms with Gasteiger partial charge in [-0.3, -0.25) is 9.59 Å². The smallest absolute Gasteiger partial charge is 0.180 e. The number of hydrogen-bond acceptors (Lipinski definition) is 4. The second kappa shape index (κ2) is 3.13. The summed E-state index contributed by atoms with van der Waals surface area (Å²) < 4.78 is 4.81. The Bertz CT molecular complexity index is 537. The minimum atomic E-state index is -0.823. The van der Waals surface area contributed by atoms with Gasteiger partial charge < -0.3 is 4.42 Å². The summed E-state index contributed by atoms with van der Waals surface area (Å²) in [5, 5.41) is 0. The Morgan fingerprint density at radius 1 is 1.06 bits per heavy atom. The monoisotopic (exact) mass is 213 g/mol. The molecule has 0 radical (unpaired) electrons. The molecule has 1 aliphatic rings. The maximum absolute atomic E-state index is 12.0. The van der Waals surface area contributed by atoms with Crippen LogP contribution in [-0.2, 0) is 0 Å². The van der Waals surface area contributed by atoms with E-state index >= 15 is 0 Å². The molecule has 1 aromatic heterocycles. The highest BCUT2D eigenvalue weighted by molar-refractivity contribution is 6.29. The average Bonchev–Trinajstić information content (AvgIpc) is 2.89. The maximum atomic E-state index is 12.0. The van der Waals surface area contributed by atoms with Crippen molar-refractivity contribution in [3.05, 3.63) is 53.7 Å². The molecule has 1 aliphatic carbocycles. The highest BCUT2D eigenvalue weighted by atomic mass is 16.3. The summed E-state index contributed by atoms with van der Waals surface area (Å²) in [6.07, 6.45) is 2.56. The van der Waals surface area contributed by atoms with Crippen LogP contribution in [0.4, 0.5) is 0 Å². The molecular weight excluding hydrogens is 206 g/mol. The summed E-state index contributed by atoms with van der Waals surface area (Å²) in [4.78, 5) is 27.9. The first-order valence-electron chi connectivity index (χ1n) is 4.84. The van der Waals surface area contributed by atoms with Crippen molar-refractivity contribution >= 4 is 11.6 Å². The van der Waals surface area contributed by atoms with Crippen LogP contribution in [0.1, 0.15) is 32.3 Å². The molecule has 3 rings (SSSR count). The molecule has 0 N–H and O–H groups in total. The Hall–Kier alpha value is -2.23. The molecule has 0 fully saturated rings. The van der Waals surface area contributed by atoms with Crippen molar-refractivity contribution in [3.63, 3.8) is 0 Å². The van der Waals surface area contributed by atoms with Crippen LogP contribution in [0.5, 0.6) is 0 Å². The zero-order valence-electron chi connectivity index (χ0n) is 8.21. The van der Waals surface area contributed by atoms with Gasteiger partial charge in [-0.2, -0.15) is 0 Å². The van der Waals surface area contributed by atoms with Crippen LogP contribution < -0.4 is 0 Å². The van der Waals surface area contributed by atoms with E-state index in [2.05, 4.69) is 4.98 Å². The van der Waals surface area contributed by atoms with Gasteiger partial charge >= 0.3 is 0 Å². The van der Waals surface area contributed by atoms with Crippen molar-refractivity contribution in [3.8, 4) is 0 Å². The van der Waals surface area contributed by atoms with E-state index in [1.807, 2.05) is 0 Å². The van der Waals surface area contributed by atoms with E-state index in [0.29, 0.717) is 16.8 Å². The third-order valence-electron chi connectivity index (χ3n) is 2.73. The number of Topliss-reactive ketones (excluding diaryl/α,β-unsaturated/α-hetero) is 2. The quantitative estimate of drug-likeness (QED) is 0.678. The summed E-state index contributed by atoms with van der Waals surface area (Å²) in [7, 11) is 0. The molecule has 0 bridgehead atoms. The minimum Gasteiger partial charge on any atom is -0.451 e. The van der Waals surface area contributed by atoms with Crippen molar-refractivity contribution in [2.24, 2.45) is 0 Å². The highest BCUT2D eigenvalue weighted by Gasteiger charge is 2.40. The van der Waals surface area contributed by atoms with E-state index in [4.69, 9.17) is 4.42 Å². The zero-order valence-corrected chi connectivity index (χ0v) is 8.21. The van der Waals surface area contributed by atoms with Crippen molar-refractivity contribution < 1.29 is 14.0 Å². The number of nitrogens with zero attached hydrogens (tertiary/aromatic N) is 1. The summed E-state index contributed by atoms with van der Waals surface area (Å²) in [6, 6.07) is 6.82. The molecule has 2 aromatic rings. The first-order chi connectivity index (χ1) is 7.79. The number of rotatable bonds is 1. The summed E-state index contributed by atoms with van der Waals surface area (Å²) >= 11 is 0. The first-order valence-corrected chi connectivity index (χ1v) is 4.84. The highest BCUT2D eigenvalue weighted by Crippen LogP contribution is 2.32. The van der Waals surface area contributed by atoms with Crippen LogP contribution >= 0.6 is 0 Å². The summed E-state index contributed by atoms with van der Waals surface area (Å²) in [6.45, 7) is 0. The molecular formula is C12H7NO3. The lowest BCUT2D eigenvalue weighted by molar-refractivity contribution is 0.0888. The second-order valence-electron chi connectivity index (χ2n) is 3.62. The Morgan fingerprint density at radius 2 is 1.69 bits per heavy atom. The molecule has 1 aromatic carbocycles. The number of ketones is 2. The lowest BCUT2D eigenvalue weighted by atomic mass is 10.0. The normalized spacial score (nSPS) is 15.5. The van der Waals surface area contributed by atoms with E-state index in [0.717, 1.165) is 0 Å². The molecule has 16 heavy (non-hydrogen) atoms. The van der Waals surface area contributed by atoms with Crippen molar-refractivity contribution in [1.29, 1.82) is 0 Å². The topological polar surface area (TPSA) is 60.2 Å². The van der Waals surface area contributed by atoms with Gasteiger partial charge in [0.05, 0.1) is 5.69 Å². The van der Waals surface area contributed by atoms with Crippen LogP contribution in [-0.4, -0.2) is 16.6 Å². The molecule has 0 amide bonds. The molecule has 4 nitrogen and oxygen atoms in total. The van der Waals surface area contributed by atoms with E-state index in [1.54, 1.807) is 24.3 Å². The van der Waals surface area contributed by atoms with Gasteiger partial charge in [-0.25, -0.2) is 4.98 Å². The predicted molar refractivity (Wildman–Crippen MR) is 54.3 cm³/mol. The van der Waals surface area contributed by atoms with Gasteiger partial charge in [0.15, 0.2) is 18.0 Å². The molecule has 0 unspecified atom stereocenters. The fraction of sp³-hybridized carbons (Fsp3) is 0.0833. The van der Waals surface area contributed by atoms with E-state index < -0.39 is 5.92 Å². The van der Waals surface area contributed by atoms with Gasteiger partial charge in [-0.15, -0.1) is 0 Å². The molecule has 1 heterocycles. The number of carbonyl (C=O) groups is 2. The van der Waals surface area contributed by atoms with Crippen LogP contribution in [0, 0.1) is 0 Å². The van der Waals surface area contributed by atoms with Gasteiger partial charge in [0.1, 0.15) is 12.2 Å². The molecule has 0 spiro atoms. The number of oxazole rings is 1. The van der Waals surface area contributed by atoms with Gasteiger partial charge in [-0.1, -0.05) is 24.3 Å². The molecule has 0 atom stereocenters. The fourth-order valence-corrected chi connectivity index (χ4v) is 1.98. The average molecular weight is 213 g/mol. The number of hydrogen-bond donors (Lipinski definition) is 0. The summed E-state index contributed by atoms with van der Waals surface area (Å²) in [5.41, 5.74) is 1.33. The Kier molecular flexibility index (Phi) is 1.77. The van der Waals surface area contributed by atoms with Gasteiger partial charge in [0.2, 0.25) is 0 Å². The number of benzene rings is 1. The van der Waals surface area contributed by atoms with Crippen LogP contribution in [0.15, 0.2) is 41.3 Å². The van der Waals surface area contributed by atoms with Crippen molar-refractivity contribution in [2.75, 3.05) is 0 Å². The number of aromatic nitrogens is 1. The molecule has 0 saturated heterocycles. The number of fused-ring (bicyclic) bond motifs is 1. The Labute approximate surface area is 90.9 Å². The number of carbonyl (C=O) groups excluding carboxylic acids is 2. The van der Waals surface area contributed by atoms with Crippen LogP contribution in [0.2, 0.25) is 0 Å². The zero-order chi connectivity index (χ0) is 11.1. The summed E-state index contributed by atoms with van der Waals surface area (Å²) in [5.74, 6) is -1.22. The fourth-order valence-electron chi connectivity index (χ4n) is 1.98. The molecule has 0 aliphatic heterocycles. The second-order valence-corrected chi connectivity index (χ2v) is 3.62. The van der Waals surface area contributed by atoms with Gasteiger partial charge in [-0.05, 0) is 0 Å². The van der Waals surface area contributed by atoms with Gasteiger partial charge in [0, 0.05) is 11.1 Å². The standard InChI is InChI=1S/C12H7NO3/c14-11-7-3-1-2-4-8(7)12(15)10(11)9-5-16-6-13-9/h1-6,10H. The van der Waals surface area contributed by atoms with Gasteiger partial charge in [0.25, 0.3) is 0 Å². The van der Waals surface area contributed by atoms with Crippen LogP contribution in [0.3, 0.4) is 0 Å². The molecule has 0 saturated carbocycles. The lowest BCUT2D eigenvalue weighted by Crippen LogP contribution is -2.12. The maximum Gasteiger partial charge on any atom is 0.180 e. The van der Waals surface area contributed by atoms with Crippen LogP contribution in [0.25, 0.3) is 0 Å². The van der Waals surface area contributed by atoms with E-state index in [9.17, 15) is 9.59 Å². The first kappa shape index (κ1) is 9.03. The Balaban J connectivity index is 2.15. The SMILES string of the molecule is O=C1c2ccccc2C(=O)C1c1cocn1. The van der Waals surface area contributed by atoms with Crippen molar-refractivity contribution in [2.45, 2.75) is 5.92 Å². The van der Waals surface area contributed by atoms with E-state index in [1.165, 1.54) is 12.7 Å².